The van der Waals surface area contributed by atoms with E-state index in [9.17, 15) is 15.2 Å². The van der Waals surface area contributed by atoms with Crippen LogP contribution in [-0.2, 0) is 0 Å². The maximum Gasteiger partial charge on any atom is 0.314 e. The summed E-state index contributed by atoms with van der Waals surface area (Å²) in [5.74, 6) is 0.333. The molecule has 2 atom stereocenters. The maximum absolute atomic E-state index is 10.8. The molecule has 1 aromatic rings. The summed E-state index contributed by atoms with van der Waals surface area (Å²) in [7, 11) is 1.37. The molecule has 1 saturated carbocycles. The summed E-state index contributed by atoms with van der Waals surface area (Å²) in [6.07, 6.45) is 0.932. The summed E-state index contributed by atoms with van der Waals surface area (Å²) < 4.78 is 4.94. The zero-order valence-electron chi connectivity index (χ0n) is 9.42. The summed E-state index contributed by atoms with van der Waals surface area (Å²) >= 11 is 0. The molecule has 0 heterocycles. The zero-order chi connectivity index (χ0) is 12.6. The first-order valence-electron chi connectivity index (χ1n) is 5.33. The van der Waals surface area contributed by atoms with Gasteiger partial charge in [0.1, 0.15) is 0 Å². The Balaban J connectivity index is 2.41. The highest BCUT2D eigenvalue weighted by Crippen LogP contribution is 2.50. The minimum atomic E-state index is -0.610. The SMILES string of the molecule is COc1cc([C@@H]2C[C@H]2CN)cc([N+](=O)[O-])c1O. The fraction of sp³-hybridized carbons (Fsp3) is 0.455. The van der Waals surface area contributed by atoms with Crippen molar-refractivity contribution in [3.05, 3.63) is 27.8 Å². The smallest absolute Gasteiger partial charge is 0.314 e. The van der Waals surface area contributed by atoms with Crippen LogP contribution in [0.15, 0.2) is 12.1 Å². The van der Waals surface area contributed by atoms with Gasteiger partial charge in [0.15, 0.2) is 5.75 Å². The van der Waals surface area contributed by atoms with Crippen LogP contribution in [-0.4, -0.2) is 23.7 Å². The Morgan fingerprint density at radius 3 is 2.82 bits per heavy atom. The van der Waals surface area contributed by atoms with Crippen LogP contribution in [0.5, 0.6) is 11.5 Å². The summed E-state index contributed by atoms with van der Waals surface area (Å²) in [4.78, 5) is 10.2. The molecule has 1 fully saturated rings. The Morgan fingerprint density at radius 2 is 2.35 bits per heavy atom. The minimum Gasteiger partial charge on any atom is -0.500 e. The first-order chi connectivity index (χ1) is 8.08. The van der Waals surface area contributed by atoms with E-state index in [1.54, 1.807) is 6.07 Å². The van der Waals surface area contributed by atoms with Crippen LogP contribution in [0, 0.1) is 16.0 Å². The van der Waals surface area contributed by atoms with E-state index in [0.717, 1.165) is 12.0 Å². The number of hydrogen-bond donors (Lipinski definition) is 2. The molecule has 1 aliphatic carbocycles. The molecule has 0 aliphatic heterocycles. The molecule has 2 rings (SSSR count). The first kappa shape index (κ1) is 11.7. The molecular weight excluding hydrogens is 224 g/mol. The van der Waals surface area contributed by atoms with E-state index in [2.05, 4.69) is 0 Å². The lowest BCUT2D eigenvalue weighted by molar-refractivity contribution is -0.386. The number of hydrogen-bond acceptors (Lipinski definition) is 5. The van der Waals surface area contributed by atoms with Gasteiger partial charge in [0.05, 0.1) is 12.0 Å². The second-order valence-corrected chi connectivity index (χ2v) is 4.19. The molecule has 6 nitrogen and oxygen atoms in total. The van der Waals surface area contributed by atoms with Crippen molar-refractivity contribution in [3.8, 4) is 11.5 Å². The van der Waals surface area contributed by atoms with Gasteiger partial charge in [-0.1, -0.05) is 0 Å². The van der Waals surface area contributed by atoms with E-state index < -0.39 is 10.7 Å². The van der Waals surface area contributed by atoms with Crippen molar-refractivity contribution >= 4 is 5.69 Å². The molecular formula is C11H14N2O4. The van der Waals surface area contributed by atoms with Crippen LogP contribution in [0.1, 0.15) is 17.9 Å². The summed E-state index contributed by atoms with van der Waals surface area (Å²) in [6, 6.07) is 3.04. The van der Waals surface area contributed by atoms with Gasteiger partial charge >= 0.3 is 5.69 Å². The van der Waals surface area contributed by atoms with Gasteiger partial charge in [-0.3, -0.25) is 10.1 Å². The number of nitrogens with zero attached hydrogens (tertiary/aromatic N) is 1. The van der Waals surface area contributed by atoms with E-state index in [0.29, 0.717) is 12.5 Å². The van der Waals surface area contributed by atoms with Crippen LogP contribution in [0.3, 0.4) is 0 Å². The summed E-state index contributed by atoms with van der Waals surface area (Å²) in [5, 5.41) is 20.4. The van der Waals surface area contributed by atoms with Crippen molar-refractivity contribution in [1.29, 1.82) is 0 Å². The second-order valence-electron chi connectivity index (χ2n) is 4.19. The average molecular weight is 238 g/mol. The van der Waals surface area contributed by atoms with Gasteiger partial charge in [-0.15, -0.1) is 0 Å². The quantitative estimate of drug-likeness (QED) is 0.609. The van der Waals surface area contributed by atoms with Crippen molar-refractivity contribution in [2.24, 2.45) is 11.7 Å². The van der Waals surface area contributed by atoms with Gasteiger partial charge in [-0.2, -0.15) is 0 Å². The van der Waals surface area contributed by atoms with Crippen molar-refractivity contribution in [3.63, 3.8) is 0 Å². The lowest BCUT2D eigenvalue weighted by Gasteiger charge is -2.07. The number of ether oxygens (including phenoxy) is 1. The molecule has 0 unspecified atom stereocenters. The number of aromatic hydroxyl groups is 1. The van der Waals surface area contributed by atoms with Gasteiger partial charge in [-0.25, -0.2) is 0 Å². The molecule has 0 amide bonds. The topological polar surface area (TPSA) is 98.6 Å². The van der Waals surface area contributed by atoms with Crippen LogP contribution in [0.2, 0.25) is 0 Å². The van der Waals surface area contributed by atoms with Gasteiger partial charge in [-0.05, 0) is 36.4 Å². The first-order valence-corrected chi connectivity index (χ1v) is 5.33. The Morgan fingerprint density at radius 1 is 1.65 bits per heavy atom. The fourth-order valence-electron chi connectivity index (χ4n) is 2.04. The van der Waals surface area contributed by atoms with Crippen LogP contribution in [0.25, 0.3) is 0 Å². The molecule has 1 aromatic carbocycles. The Labute approximate surface area is 98.2 Å². The number of methoxy groups -OCH3 is 1. The number of nitro groups is 1. The molecule has 17 heavy (non-hydrogen) atoms. The molecule has 92 valence electrons. The molecule has 0 saturated heterocycles. The monoisotopic (exact) mass is 238 g/mol. The predicted octanol–water partition coefficient (Wildman–Crippen LogP) is 1.37. The summed E-state index contributed by atoms with van der Waals surface area (Å²) in [5.41, 5.74) is 6.03. The normalized spacial score (nSPS) is 22.2. The third kappa shape index (κ3) is 2.03. The third-order valence-electron chi connectivity index (χ3n) is 3.15. The standard InChI is InChI=1S/C11H14N2O4/c1-17-10-4-6(8-2-7(8)5-12)3-9(11(10)14)13(15)16/h3-4,7-8,14H,2,5,12H2,1H3/t7-,8-/m0/s1. The highest BCUT2D eigenvalue weighted by atomic mass is 16.6. The number of nitrogens with two attached hydrogens (primary N) is 1. The van der Waals surface area contributed by atoms with Gasteiger partial charge in [0.2, 0.25) is 5.75 Å². The predicted molar refractivity (Wildman–Crippen MR) is 61.2 cm³/mol. The zero-order valence-corrected chi connectivity index (χ0v) is 9.42. The molecule has 0 radical (unpaired) electrons. The highest BCUT2D eigenvalue weighted by molar-refractivity contribution is 5.58. The highest BCUT2D eigenvalue weighted by Gasteiger charge is 2.38. The van der Waals surface area contributed by atoms with Crippen LogP contribution < -0.4 is 10.5 Å². The van der Waals surface area contributed by atoms with E-state index in [4.69, 9.17) is 10.5 Å². The van der Waals surface area contributed by atoms with Crippen LogP contribution in [0.4, 0.5) is 5.69 Å². The maximum atomic E-state index is 10.8. The van der Waals surface area contributed by atoms with E-state index in [1.807, 2.05) is 0 Å². The Hall–Kier alpha value is -1.82. The molecule has 0 bridgehead atoms. The van der Waals surface area contributed by atoms with Crippen molar-refractivity contribution in [2.45, 2.75) is 12.3 Å². The lowest BCUT2D eigenvalue weighted by Crippen LogP contribution is -2.02. The number of nitro benzene ring substituents is 1. The third-order valence-corrected chi connectivity index (χ3v) is 3.15. The summed E-state index contributed by atoms with van der Waals surface area (Å²) in [6.45, 7) is 0.571. The van der Waals surface area contributed by atoms with E-state index >= 15 is 0 Å². The molecule has 1 aliphatic rings. The van der Waals surface area contributed by atoms with Crippen LogP contribution >= 0.6 is 0 Å². The Bertz CT molecular complexity index is 461. The van der Waals surface area contributed by atoms with E-state index in [-0.39, 0.29) is 17.4 Å². The number of benzene rings is 1. The number of phenols is 1. The molecule has 6 heteroatoms. The van der Waals surface area contributed by atoms with Gasteiger partial charge in [0.25, 0.3) is 0 Å². The van der Waals surface area contributed by atoms with Gasteiger partial charge in [0, 0.05) is 6.07 Å². The largest absolute Gasteiger partial charge is 0.500 e. The van der Waals surface area contributed by atoms with Crippen molar-refractivity contribution in [1.82, 2.24) is 0 Å². The lowest BCUT2D eigenvalue weighted by atomic mass is 10.1. The minimum absolute atomic E-state index is 0.136. The number of phenolic OH excluding ortho intramolecular Hbond substituents is 1. The molecule has 3 N–H and O–H groups in total. The van der Waals surface area contributed by atoms with Crippen molar-refractivity contribution in [2.75, 3.05) is 13.7 Å². The van der Waals surface area contributed by atoms with Crippen molar-refractivity contribution < 1.29 is 14.8 Å². The van der Waals surface area contributed by atoms with Gasteiger partial charge < -0.3 is 15.6 Å². The fourth-order valence-corrected chi connectivity index (χ4v) is 2.04. The molecule has 0 spiro atoms. The second kappa shape index (κ2) is 4.21. The van der Waals surface area contributed by atoms with E-state index in [1.165, 1.54) is 13.2 Å². The average Bonchev–Trinajstić information content (AvgIpc) is 3.08. The molecule has 0 aromatic heterocycles. The number of rotatable bonds is 4. The Kier molecular flexibility index (Phi) is 2.89.